The Morgan fingerprint density at radius 3 is 2.81 bits per heavy atom. The lowest BCUT2D eigenvalue weighted by Crippen LogP contribution is -2.19. The molecule has 21 heavy (non-hydrogen) atoms. The molecule has 0 spiro atoms. The van der Waals surface area contributed by atoms with Crippen molar-refractivity contribution in [1.29, 1.82) is 0 Å². The summed E-state index contributed by atoms with van der Waals surface area (Å²) in [4.78, 5) is 15.9. The Balaban J connectivity index is 2.43. The first-order chi connectivity index (χ1) is 10.2. The number of hydrogen-bond donors (Lipinski definition) is 1. The number of anilines is 1. The first kappa shape index (κ1) is 18.0. The summed E-state index contributed by atoms with van der Waals surface area (Å²) >= 11 is 1.63. The van der Waals surface area contributed by atoms with Crippen LogP contribution in [-0.4, -0.2) is 23.6 Å². The minimum absolute atomic E-state index is 0.146. The molecule has 1 unspecified atom stereocenters. The first-order valence-corrected chi connectivity index (χ1v) is 8.94. The average Bonchev–Trinajstić information content (AvgIpc) is 2.91. The second-order valence-corrected chi connectivity index (χ2v) is 6.08. The molecule has 0 fully saturated rings. The summed E-state index contributed by atoms with van der Waals surface area (Å²) in [7, 11) is 0. The molecule has 0 aliphatic rings. The molecule has 0 saturated heterocycles. The number of esters is 1. The molecule has 5 heteroatoms. The van der Waals surface area contributed by atoms with E-state index in [1.807, 2.05) is 12.3 Å². The fourth-order valence-electron chi connectivity index (χ4n) is 2.21. The van der Waals surface area contributed by atoms with Gasteiger partial charge in [0, 0.05) is 17.8 Å². The summed E-state index contributed by atoms with van der Waals surface area (Å²) in [5.41, 5.74) is 0.973. The van der Waals surface area contributed by atoms with Gasteiger partial charge in [-0.3, -0.25) is 4.79 Å². The van der Waals surface area contributed by atoms with E-state index in [0.29, 0.717) is 25.5 Å². The van der Waals surface area contributed by atoms with Gasteiger partial charge in [0.1, 0.15) is 0 Å². The molecule has 0 saturated carbocycles. The van der Waals surface area contributed by atoms with E-state index >= 15 is 0 Å². The average molecular weight is 312 g/mol. The molecule has 1 heterocycles. The van der Waals surface area contributed by atoms with Crippen LogP contribution >= 0.6 is 11.3 Å². The van der Waals surface area contributed by atoms with Crippen molar-refractivity contribution >= 4 is 22.4 Å². The highest BCUT2D eigenvalue weighted by Gasteiger charge is 2.11. The van der Waals surface area contributed by atoms with E-state index in [1.54, 1.807) is 11.3 Å². The molecule has 0 aliphatic heterocycles. The number of carbonyl (C=O) groups excluding carboxylic acids is 1. The summed E-state index contributed by atoms with van der Waals surface area (Å²) in [5.74, 6) is -0.146. The molecule has 1 rings (SSSR count). The van der Waals surface area contributed by atoms with E-state index in [9.17, 15) is 4.79 Å². The number of nitrogens with one attached hydrogen (secondary N) is 1. The van der Waals surface area contributed by atoms with E-state index in [-0.39, 0.29) is 5.97 Å². The Kier molecular flexibility index (Phi) is 9.06. The maximum absolute atomic E-state index is 11.3. The molecule has 0 aromatic carbocycles. The predicted molar refractivity (Wildman–Crippen MR) is 88.9 cm³/mol. The van der Waals surface area contributed by atoms with Crippen LogP contribution in [0.15, 0.2) is 5.38 Å². The molecule has 0 bridgehead atoms. The summed E-state index contributed by atoms with van der Waals surface area (Å²) in [5, 5.41) is 6.55. The van der Waals surface area contributed by atoms with E-state index in [2.05, 4.69) is 24.1 Å². The van der Waals surface area contributed by atoms with Crippen LogP contribution in [0.4, 0.5) is 5.13 Å². The van der Waals surface area contributed by atoms with Crippen LogP contribution < -0.4 is 5.32 Å². The highest BCUT2D eigenvalue weighted by molar-refractivity contribution is 7.13. The van der Waals surface area contributed by atoms with Crippen molar-refractivity contribution in [2.24, 2.45) is 0 Å². The van der Waals surface area contributed by atoms with Gasteiger partial charge in [-0.25, -0.2) is 4.98 Å². The SMILES string of the molecule is CCCCC(CCC)Nc1nc(CCC(=O)OCC)cs1. The zero-order chi connectivity index (χ0) is 15.5. The Morgan fingerprint density at radius 1 is 1.33 bits per heavy atom. The summed E-state index contributed by atoms with van der Waals surface area (Å²) in [6, 6.07) is 0.513. The highest BCUT2D eigenvalue weighted by atomic mass is 32.1. The molecular weight excluding hydrogens is 284 g/mol. The Hall–Kier alpha value is -1.10. The second-order valence-electron chi connectivity index (χ2n) is 5.22. The minimum atomic E-state index is -0.146. The smallest absolute Gasteiger partial charge is 0.306 e. The number of carbonyl (C=O) groups is 1. The van der Waals surface area contributed by atoms with E-state index in [4.69, 9.17) is 4.74 Å². The zero-order valence-corrected chi connectivity index (χ0v) is 14.3. The minimum Gasteiger partial charge on any atom is -0.466 e. The van der Waals surface area contributed by atoms with Gasteiger partial charge in [-0.05, 0) is 19.8 Å². The van der Waals surface area contributed by atoms with Gasteiger partial charge in [0.2, 0.25) is 0 Å². The largest absolute Gasteiger partial charge is 0.466 e. The highest BCUT2D eigenvalue weighted by Crippen LogP contribution is 2.20. The molecule has 1 N–H and O–H groups in total. The number of rotatable bonds is 11. The van der Waals surface area contributed by atoms with Gasteiger partial charge in [0.15, 0.2) is 5.13 Å². The van der Waals surface area contributed by atoms with Crippen LogP contribution in [0.25, 0.3) is 0 Å². The third kappa shape index (κ3) is 7.46. The van der Waals surface area contributed by atoms with E-state index in [1.165, 1.54) is 32.1 Å². The quantitative estimate of drug-likeness (QED) is 0.615. The standard InChI is InChI=1S/C16H28N2O2S/c1-4-7-9-13(8-5-2)17-16-18-14(12-21-16)10-11-15(19)20-6-3/h12-13H,4-11H2,1-3H3,(H,17,18). The maximum atomic E-state index is 11.3. The monoisotopic (exact) mass is 312 g/mol. The van der Waals surface area contributed by atoms with Crippen molar-refractivity contribution in [2.75, 3.05) is 11.9 Å². The van der Waals surface area contributed by atoms with Crippen LogP contribution in [0.5, 0.6) is 0 Å². The van der Waals surface area contributed by atoms with Crippen molar-refractivity contribution < 1.29 is 9.53 Å². The van der Waals surface area contributed by atoms with Gasteiger partial charge < -0.3 is 10.1 Å². The summed E-state index contributed by atoms with van der Waals surface area (Å²) < 4.78 is 4.93. The number of thiazole rings is 1. The predicted octanol–water partition coefficient (Wildman–Crippen LogP) is 4.41. The fourth-order valence-corrected chi connectivity index (χ4v) is 3.04. The van der Waals surface area contributed by atoms with Gasteiger partial charge in [-0.1, -0.05) is 33.1 Å². The molecule has 0 amide bonds. The van der Waals surface area contributed by atoms with Crippen LogP contribution in [-0.2, 0) is 16.0 Å². The van der Waals surface area contributed by atoms with Crippen molar-refractivity contribution in [3.63, 3.8) is 0 Å². The Bertz CT molecular complexity index is 407. The van der Waals surface area contributed by atoms with Crippen molar-refractivity contribution in [1.82, 2.24) is 4.98 Å². The third-order valence-corrected chi connectivity index (χ3v) is 4.14. The fraction of sp³-hybridized carbons (Fsp3) is 0.750. The number of aromatic nitrogens is 1. The van der Waals surface area contributed by atoms with Gasteiger partial charge >= 0.3 is 5.97 Å². The van der Waals surface area contributed by atoms with Crippen molar-refractivity contribution in [3.8, 4) is 0 Å². The van der Waals surface area contributed by atoms with Crippen molar-refractivity contribution in [3.05, 3.63) is 11.1 Å². The number of ether oxygens (including phenoxy) is 1. The Labute approximate surface area is 132 Å². The van der Waals surface area contributed by atoms with Gasteiger partial charge in [-0.15, -0.1) is 11.3 Å². The topological polar surface area (TPSA) is 51.2 Å². The number of aryl methyl sites for hydroxylation is 1. The Morgan fingerprint density at radius 2 is 2.14 bits per heavy atom. The normalized spacial score (nSPS) is 12.1. The molecule has 1 atom stereocenters. The molecular formula is C16H28N2O2S. The summed E-state index contributed by atoms with van der Waals surface area (Å²) in [6.07, 6.45) is 7.10. The molecule has 1 aromatic rings. The van der Waals surface area contributed by atoms with Crippen molar-refractivity contribution in [2.45, 2.75) is 71.8 Å². The van der Waals surface area contributed by atoms with Gasteiger partial charge in [0.25, 0.3) is 0 Å². The number of unbranched alkanes of at least 4 members (excludes halogenated alkanes) is 1. The lowest BCUT2D eigenvalue weighted by molar-refractivity contribution is -0.143. The zero-order valence-electron chi connectivity index (χ0n) is 13.5. The molecule has 1 aromatic heterocycles. The van der Waals surface area contributed by atoms with Gasteiger partial charge in [-0.2, -0.15) is 0 Å². The number of nitrogens with zero attached hydrogens (tertiary/aromatic N) is 1. The number of hydrogen-bond acceptors (Lipinski definition) is 5. The second kappa shape index (κ2) is 10.6. The molecule has 120 valence electrons. The molecule has 4 nitrogen and oxygen atoms in total. The maximum Gasteiger partial charge on any atom is 0.306 e. The summed E-state index contributed by atoms with van der Waals surface area (Å²) in [6.45, 7) is 6.71. The van der Waals surface area contributed by atoms with Crippen LogP contribution in [0, 0.1) is 0 Å². The van der Waals surface area contributed by atoms with Crippen LogP contribution in [0.2, 0.25) is 0 Å². The lowest BCUT2D eigenvalue weighted by atomic mass is 10.1. The van der Waals surface area contributed by atoms with Crippen LogP contribution in [0.1, 0.15) is 65.0 Å². The third-order valence-electron chi connectivity index (χ3n) is 3.31. The lowest BCUT2D eigenvalue weighted by Gasteiger charge is -2.16. The van der Waals surface area contributed by atoms with E-state index < -0.39 is 0 Å². The van der Waals surface area contributed by atoms with E-state index in [0.717, 1.165) is 10.8 Å². The van der Waals surface area contributed by atoms with Crippen LogP contribution in [0.3, 0.4) is 0 Å². The molecule has 0 radical (unpaired) electrons. The van der Waals surface area contributed by atoms with Gasteiger partial charge in [0.05, 0.1) is 18.7 Å². The molecule has 0 aliphatic carbocycles. The first-order valence-electron chi connectivity index (χ1n) is 8.06.